The van der Waals surface area contributed by atoms with Gasteiger partial charge >= 0.3 is 6.03 Å². The minimum absolute atomic E-state index is 0.134. The number of thiazole rings is 1. The Hall–Kier alpha value is -1.88. The number of rotatable bonds is 5. The summed E-state index contributed by atoms with van der Waals surface area (Å²) in [7, 11) is 0. The molecule has 112 valence electrons. The van der Waals surface area contributed by atoms with Gasteiger partial charge in [-0.05, 0) is 32.8 Å². The van der Waals surface area contributed by atoms with Crippen LogP contribution in [0.4, 0.5) is 4.79 Å². The average molecular weight is 303 g/mol. The summed E-state index contributed by atoms with van der Waals surface area (Å²) in [6.45, 7) is 7.30. The zero-order valence-electron chi connectivity index (χ0n) is 12.7. The van der Waals surface area contributed by atoms with E-state index in [9.17, 15) is 4.79 Å². The maximum Gasteiger partial charge on any atom is 0.315 e. The molecule has 0 aliphatic heterocycles. The molecule has 0 radical (unpaired) electrons. The zero-order chi connectivity index (χ0) is 15.2. The van der Waals surface area contributed by atoms with Crippen LogP contribution in [0.5, 0.6) is 0 Å². The summed E-state index contributed by atoms with van der Waals surface area (Å²) in [6, 6.07) is 6.34. The van der Waals surface area contributed by atoms with Crippen LogP contribution in [-0.2, 0) is 13.0 Å². The number of urea groups is 1. The highest BCUT2D eigenvalue weighted by atomic mass is 32.1. The molecule has 1 aromatic carbocycles. The molecule has 2 N–H and O–H groups in total. The maximum atomic E-state index is 11.7. The van der Waals surface area contributed by atoms with Crippen LogP contribution >= 0.6 is 11.3 Å². The summed E-state index contributed by atoms with van der Waals surface area (Å²) < 4.78 is 0. The van der Waals surface area contributed by atoms with Gasteiger partial charge in [0.05, 0.1) is 11.6 Å². The number of carbonyl (C=O) groups is 1. The van der Waals surface area contributed by atoms with Crippen LogP contribution in [0.15, 0.2) is 24.4 Å². The van der Waals surface area contributed by atoms with Crippen molar-refractivity contribution in [2.24, 2.45) is 0 Å². The molecule has 5 heteroatoms. The number of hydrogen-bond acceptors (Lipinski definition) is 3. The molecule has 2 rings (SSSR count). The van der Waals surface area contributed by atoms with Crippen LogP contribution in [0.3, 0.4) is 0 Å². The van der Waals surface area contributed by atoms with Crippen LogP contribution in [0.1, 0.15) is 26.6 Å². The Labute approximate surface area is 129 Å². The van der Waals surface area contributed by atoms with Crippen molar-refractivity contribution in [1.29, 1.82) is 0 Å². The highest BCUT2D eigenvalue weighted by molar-refractivity contribution is 7.11. The molecule has 2 aromatic rings. The van der Waals surface area contributed by atoms with Gasteiger partial charge in [0, 0.05) is 17.6 Å². The molecular weight excluding hydrogens is 282 g/mol. The molecule has 0 atom stereocenters. The lowest BCUT2D eigenvalue weighted by molar-refractivity contribution is 0.240. The summed E-state index contributed by atoms with van der Waals surface area (Å²) in [4.78, 5) is 16.9. The van der Waals surface area contributed by atoms with E-state index >= 15 is 0 Å². The molecule has 0 aliphatic rings. The Morgan fingerprint density at radius 3 is 2.48 bits per heavy atom. The van der Waals surface area contributed by atoms with E-state index in [1.165, 1.54) is 16.7 Å². The smallest absolute Gasteiger partial charge is 0.315 e. The summed E-state index contributed by atoms with van der Waals surface area (Å²) in [5.74, 6) is 0. The SMILES string of the molecule is Cc1cc(C)cc(CCNC(=O)NCc2cnc(C)s2)c1. The number of hydrogen-bond donors (Lipinski definition) is 2. The highest BCUT2D eigenvalue weighted by Crippen LogP contribution is 2.11. The quantitative estimate of drug-likeness (QED) is 0.891. The fraction of sp³-hybridized carbons (Fsp3) is 0.375. The van der Waals surface area contributed by atoms with Gasteiger partial charge in [-0.2, -0.15) is 0 Å². The van der Waals surface area contributed by atoms with Gasteiger partial charge in [0.25, 0.3) is 0 Å². The topological polar surface area (TPSA) is 54.0 Å². The van der Waals surface area contributed by atoms with E-state index in [-0.39, 0.29) is 6.03 Å². The Bertz CT molecular complexity index is 601. The molecule has 0 spiro atoms. The minimum Gasteiger partial charge on any atom is -0.338 e. The number of aryl methyl sites for hydroxylation is 3. The van der Waals surface area contributed by atoms with Gasteiger partial charge in [-0.1, -0.05) is 29.3 Å². The van der Waals surface area contributed by atoms with Crippen LogP contribution in [0, 0.1) is 20.8 Å². The molecule has 21 heavy (non-hydrogen) atoms. The second-order valence-corrected chi connectivity index (χ2v) is 6.52. The third-order valence-corrected chi connectivity index (χ3v) is 3.99. The molecular formula is C16H21N3OS. The average Bonchev–Trinajstić information content (AvgIpc) is 2.81. The van der Waals surface area contributed by atoms with Gasteiger partial charge in [0.2, 0.25) is 0 Å². The molecule has 0 saturated heterocycles. The van der Waals surface area contributed by atoms with Crippen LogP contribution in [-0.4, -0.2) is 17.6 Å². The van der Waals surface area contributed by atoms with Crippen molar-refractivity contribution < 1.29 is 4.79 Å². The normalized spacial score (nSPS) is 10.4. The summed E-state index contributed by atoms with van der Waals surface area (Å²) in [5.41, 5.74) is 3.77. The molecule has 0 unspecified atom stereocenters. The molecule has 0 fully saturated rings. The number of nitrogens with zero attached hydrogens (tertiary/aromatic N) is 1. The summed E-state index contributed by atoms with van der Waals surface area (Å²) >= 11 is 1.60. The first-order valence-electron chi connectivity index (χ1n) is 7.03. The predicted octanol–water partition coefficient (Wildman–Crippen LogP) is 3.11. The van der Waals surface area contributed by atoms with E-state index in [1.54, 1.807) is 17.5 Å². The van der Waals surface area contributed by atoms with Gasteiger partial charge in [-0.15, -0.1) is 11.3 Å². The van der Waals surface area contributed by atoms with Crippen molar-refractivity contribution in [2.45, 2.75) is 33.7 Å². The standard InChI is InChI=1S/C16H21N3OS/c1-11-6-12(2)8-14(7-11)4-5-17-16(20)19-10-15-9-18-13(3)21-15/h6-9H,4-5,10H2,1-3H3,(H2,17,19,20). The minimum atomic E-state index is -0.134. The van der Waals surface area contributed by atoms with Gasteiger partial charge < -0.3 is 10.6 Å². The second-order valence-electron chi connectivity index (χ2n) is 5.20. The first-order chi connectivity index (χ1) is 10.0. The fourth-order valence-corrected chi connectivity index (χ4v) is 2.99. The Kier molecular flexibility index (Phi) is 5.33. The molecule has 0 aliphatic carbocycles. The van der Waals surface area contributed by atoms with Crippen molar-refractivity contribution in [3.8, 4) is 0 Å². The van der Waals surface area contributed by atoms with E-state index in [4.69, 9.17) is 0 Å². The number of aromatic nitrogens is 1. The predicted molar refractivity (Wildman–Crippen MR) is 86.7 cm³/mol. The van der Waals surface area contributed by atoms with Crippen LogP contribution < -0.4 is 10.6 Å². The van der Waals surface area contributed by atoms with E-state index in [0.29, 0.717) is 13.1 Å². The van der Waals surface area contributed by atoms with Gasteiger partial charge in [0.15, 0.2) is 0 Å². The largest absolute Gasteiger partial charge is 0.338 e. The lowest BCUT2D eigenvalue weighted by Crippen LogP contribution is -2.36. The highest BCUT2D eigenvalue weighted by Gasteiger charge is 2.03. The van der Waals surface area contributed by atoms with Crippen molar-refractivity contribution in [1.82, 2.24) is 15.6 Å². The van der Waals surface area contributed by atoms with Crippen molar-refractivity contribution in [3.05, 3.63) is 51.0 Å². The first kappa shape index (κ1) is 15.5. The summed E-state index contributed by atoms with van der Waals surface area (Å²) in [5, 5.41) is 6.74. The first-order valence-corrected chi connectivity index (χ1v) is 7.85. The van der Waals surface area contributed by atoms with E-state index in [2.05, 4.69) is 47.7 Å². The number of carbonyl (C=O) groups excluding carboxylic acids is 1. The van der Waals surface area contributed by atoms with Crippen molar-refractivity contribution in [2.75, 3.05) is 6.54 Å². The van der Waals surface area contributed by atoms with E-state index < -0.39 is 0 Å². The van der Waals surface area contributed by atoms with Crippen molar-refractivity contribution >= 4 is 17.4 Å². The lowest BCUT2D eigenvalue weighted by Gasteiger charge is -2.08. The fourth-order valence-electron chi connectivity index (χ4n) is 2.25. The molecule has 2 amide bonds. The zero-order valence-corrected chi connectivity index (χ0v) is 13.5. The molecule has 4 nitrogen and oxygen atoms in total. The van der Waals surface area contributed by atoms with E-state index in [1.807, 2.05) is 6.92 Å². The molecule has 0 bridgehead atoms. The third kappa shape index (κ3) is 5.19. The lowest BCUT2D eigenvalue weighted by atomic mass is 10.1. The van der Waals surface area contributed by atoms with Gasteiger partial charge in [-0.3, -0.25) is 0 Å². The Morgan fingerprint density at radius 1 is 1.14 bits per heavy atom. The van der Waals surface area contributed by atoms with Gasteiger partial charge in [0.1, 0.15) is 0 Å². The van der Waals surface area contributed by atoms with Crippen LogP contribution in [0.2, 0.25) is 0 Å². The summed E-state index contributed by atoms with van der Waals surface area (Å²) in [6.07, 6.45) is 2.64. The molecule has 1 heterocycles. The number of benzene rings is 1. The Balaban J connectivity index is 1.71. The Morgan fingerprint density at radius 2 is 1.86 bits per heavy atom. The second kappa shape index (κ2) is 7.22. The van der Waals surface area contributed by atoms with Gasteiger partial charge in [-0.25, -0.2) is 9.78 Å². The third-order valence-electron chi connectivity index (χ3n) is 3.07. The monoisotopic (exact) mass is 303 g/mol. The molecule has 0 saturated carbocycles. The number of amides is 2. The van der Waals surface area contributed by atoms with E-state index in [0.717, 1.165) is 16.3 Å². The van der Waals surface area contributed by atoms with Crippen molar-refractivity contribution in [3.63, 3.8) is 0 Å². The number of nitrogens with one attached hydrogen (secondary N) is 2. The van der Waals surface area contributed by atoms with Crippen LogP contribution in [0.25, 0.3) is 0 Å². The maximum absolute atomic E-state index is 11.7. The molecule has 1 aromatic heterocycles.